The van der Waals surface area contributed by atoms with Crippen LogP contribution in [-0.2, 0) is 0 Å². The Balaban J connectivity index is 2.11. The van der Waals surface area contributed by atoms with E-state index in [9.17, 15) is 0 Å². The van der Waals surface area contributed by atoms with Crippen molar-refractivity contribution in [1.82, 2.24) is 15.0 Å². The van der Waals surface area contributed by atoms with Crippen LogP contribution in [0.1, 0.15) is 26.7 Å². The van der Waals surface area contributed by atoms with E-state index in [-0.39, 0.29) is 0 Å². The van der Waals surface area contributed by atoms with Crippen LogP contribution in [0.4, 0.5) is 11.9 Å². The van der Waals surface area contributed by atoms with E-state index >= 15 is 0 Å². The first kappa shape index (κ1) is 10.6. The molecule has 0 saturated heterocycles. The van der Waals surface area contributed by atoms with Crippen molar-refractivity contribution in [3.05, 3.63) is 4.73 Å². The summed E-state index contributed by atoms with van der Waals surface area (Å²) in [6.07, 6.45) is 2.41. The first-order chi connectivity index (χ1) is 7.13. The highest BCUT2D eigenvalue weighted by Gasteiger charge is 2.22. The first-order valence-corrected chi connectivity index (χ1v) is 5.87. The molecule has 0 aromatic carbocycles. The van der Waals surface area contributed by atoms with Gasteiger partial charge in [-0.1, -0.05) is 0 Å². The molecule has 1 heterocycles. The topological polar surface area (TPSA) is 62.7 Å². The van der Waals surface area contributed by atoms with Crippen molar-refractivity contribution in [2.24, 2.45) is 0 Å². The molecule has 1 aromatic rings. The van der Waals surface area contributed by atoms with Gasteiger partial charge in [-0.3, -0.25) is 0 Å². The third-order valence-corrected chi connectivity index (χ3v) is 2.29. The van der Waals surface area contributed by atoms with E-state index in [0.29, 0.717) is 28.7 Å². The maximum atomic E-state index is 4.28. The molecule has 1 saturated carbocycles. The zero-order valence-electron chi connectivity index (χ0n) is 8.79. The van der Waals surface area contributed by atoms with Gasteiger partial charge in [-0.05, 0) is 42.6 Å². The summed E-state index contributed by atoms with van der Waals surface area (Å²) < 4.78 is 0.559. The van der Waals surface area contributed by atoms with Gasteiger partial charge < -0.3 is 10.6 Å². The summed E-state index contributed by atoms with van der Waals surface area (Å²) in [5.41, 5.74) is 0. The number of nitrogens with zero attached hydrogens (tertiary/aromatic N) is 3. The second-order valence-electron chi connectivity index (χ2n) is 3.97. The van der Waals surface area contributed by atoms with Crippen molar-refractivity contribution in [1.29, 1.82) is 0 Å². The van der Waals surface area contributed by atoms with Crippen LogP contribution < -0.4 is 10.6 Å². The fraction of sp³-hybridized carbons (Fsp3) is 0.667. The summed E-state index contributed by atoms with van der Waals surface area (Å²) in [4.78, 5) is 12.6. The van der Waals surface area contributed by atoms with E-state index in [4.69, 9.17) is 0 Å². The molecule has 0 radical (unpaired) electrons. The fourth-order valence-electron chi connectivity index (χ4n) is 1.15. The van der Waals surface area contributed by atoms with Crippen LogP contribution in [0.5, 0.6) is 0 Å². The summed E-state index contributed by atoms with van der Waals surface area (Å²) in [6, 6.07) is 0.860. The molecule has 0 atom stereocenters. The average Bonchev–Trinajstić information content (AvgIpc) is 2.85. The number of nitrogens with one attached hydrogen (secondary N) is 2. The minimum atomic E-state index is 0.313. The van der Waals surface area contributed by atoms with Crippen LogP contribution in [0.3, 0.4) is 0 Å². The molecule has 2 rings (SSSR count). The molecule has 0 amide bonds. The Kier molecular flexibility index (Phi) is 3.04. The third kappa shape index (κ3) is 3.30. The highest BCUT2D eigenvalue weighted by molar-refractivity contribution is 9.10. The molecule has 0 spiro atoms. The molecule has 5 nitrogen and oxygen atoms in total. The molecular formula is C9H14BrN5. The minimum absolute atomic E-state index is 0.313. The van der Waals surface area contributed by atoms with E-state index in [2.05, 4.69) is 41.5 Å². The number of halogens is 1. The maximum absolute atomic E-state index is 4.28. The Morgan fingerprint density at radius 1 is 1.20 bits per heavy atom. The minimum Gasteiger partial charge on any atom is -0.352 e. The van der Waals surface area contributed by atoms with Gasteiger partial charge in [0.1, 0.15) is 0 Å². The molecule has 0 aliphatic heterocycles. The quantitative estimate of drug-likeness (QED) is 0.878. The van der Waals surface area contributed by atoms with Crippen molar-refractivity contribution in [2.45, 2.75) is 38.8 Å². The number of hydrogen-bond donors (Lipinski definition) is 2. The van der Waals surface area contributed by atoms with Gasteiger partial charge in [0.25, 0.3) is 0 Å². The lowest BCUT2D eigenvalue weighted by atomic mass is 10.4. The summed E-state index contributed by atoms with van der Waals surface area (Å²) in [6.45, 7) is 4.09. The molecule has 82 valence electrons. The molecule has 2 N–H and O–H groups in total. The molecule has 15 heavy (non-hydrogen) atoms. The van der Waals surface area contributed by atoms with Crippen molar-refractivity contribution in [3.63, 3.8) is 0 Å². The van der Waals surface area contributed by atoms with Gasteiger partial charge in [0.15, 0.2) is 0 Å². The predicted octanol–water partition coefficient (Wildman–Crippen LogP) is 2.03. The van der Waals surface area contributed by atoms with Crippen molar-refractivity contribution in [2.75, 3.05) is 10.6 Å². The average molecular weight is 272 g/mol. The van der Waals surface area contributed by atoms with Crippen LogP contribution in [0.25, 0.3) is 0 Å². The largest absolute Gasteiger partial charge is 0.352 e. The molecule has 0 unspecified atom stereocenters. The molecular weight excluding hydrogens is 258 g/mol. The number of hydrogen-bond acceptors (Lipinski definition) is 5. The predicted molar refractivity (Wildman–Crippen MR) is 62.9 cm³/mol. The Bertz CT molecular complexity index is 328. The van der Waals surface area contributed by atoms with Crippen LogP contribution in [0.15, 0.2) is 4.73 Å². The van der Waals surface area contributed by atoms with E-state index in [1.165, 1.54) is 12.8 Å². The van der Waals surface area contributed by atoms with Gasteiger partial charge in [-0.15, -0.1) is 0 Å². The molecule has 1 aliphatic carbocycles. The summed E-state index contributed by atoms with van der Waals surface area (Å²) in [5.74, 6) is 1.25. The van der Waals surface area contributed by atoms with Crippen LogP contribution in [0.2, 0.25) is 0 Å². The zero-order chi connectivity index (χ0) is 10.8. The molecule has 1 aliphatic rings. The van der Waals surface area contributed by atoms with E-state index < -0.39 is 0 Å². The van der Waals surface area contributed by atoms with Crippen molar-refractivity contribution < 1.29 is 0 Å². The summed E-state index contributed by atoms with van der Waals surface area (Å²) >= 11 is 3.27. The van der Waals surface area contributed by atoms with Gasteiger partial charge in [-0.2, -0.15) is 15.0 Å². The standard InChI is InChI=1S/C9H14BrN5/c1-5(2)11-8-13-7(10)14-9(15-8)12-6-3-4-6/h5-6H,3-4H2,1-2H3,(H2,11,12,13,14,15). The van der Waals surface area contributed by atoms with E-state index in [0.717, 1.165) is 0 Å². The fourth-order valence-corrected chi connectivity index (χ4v) is 1.48. The van der Waals surface area contributed by atoms with Crippen LogP contribution >= 0.6 is 15.9 Å². The van der Waals surface area contributed by atoms with Gasteiger partial charge in [0.2, 0.25) is 16.6 Å². The Morgan fingerprint density at radius 2 is 1.87 bits per heavy atom. The second kappa shape index (κ2) is 4.30. The van der Waals surface area contributed by atoms with Gasteiger partial charge in [0.05, 0.1) is 0 Å². The lowest BCUT2D eigenvalue weighted by Crippen LogP contribution is -2.15. The molecule has 0 bridgehead atoms. The van der Waals surface area contributed by atoms with Crippen molar-refractivity contribution >= 4 is 27.8 Å². The smallest absolute Gasteiger partial charge is 0.228 e. The SMILES string of the molecule is CC(C)Nc1nc(Br)nc(NC2CC2)n1. The van der Waals surface area contributed by atoms with Crippen LogP contribution in [-0.4, -0.2) is 27.0 Å². The summed E-state index contributed by atoms with van der Waals surface area (Å²) in [7, 11) is 0. The van der Waals surface area contributed by atoms with Gasteiger partial charge in [-0.25, -0.2) is 0 Å². The normalized spacial score (nSPS) is 15.5. The Hall–Kier alpha value is -0.910. The molecule has 1 fully saturated rings. The number of anilines is 2. The molecule has 6 heteroatoms. The van der Waals surface area contributed by atoms with E-state index in [1.54, 1.807) is 0 Å². The van der Waals surface area contributed by atoms with Gasteiger partial charge in [0, 0.05) is 12.1 Å². The lowest BCUT2D eigenvalue weighted by Gasteiger charge is -2.09. The summed E-state index contributed by atoms with van der Waals surface area (Å²) in [5, 5.41) is 6.39. The van der Waals surface area contributed by atoms with Gasteiger partial charge >= 0.3 is 0 Å². The highest BCUT2D eigenvalue weighted by Crippen LogP contribution is 2.23. The maximum Gasteiger partial charge on any atom is 0.228 e. The van der Waals surface area contributed by atoms with Crippen LogP contribution in [0, 0.1) is 0 Å². The number of rotatable bonds is 4. The lowest BCUT2D eigenvalue weighted by molar-refractivity contribution is 0.859. The second-order valence-corrected chi connectivity index (χ2v) is 4.68. The number of aromatic nitrogens is 3. The first-order valence-electron chi connectivity index (χ1n) is 5.08. The zero-order valence-corrected chi connectivity index (χ0v) is 10.4. The van der Waals surface area contributed by atoms with E-state index in [1.807, 2.05) is 13.8 Å². The monoisotopic (exact) mass is 271 g/mol. The molecule has 1 aromatic heterocycles. The Labute approximate surface area is 97.2 Å². The Morgan fingerprint density at radius 3 is 2.47 bits per heavy atom. The van der Waals surface area contributed by atoms with Crippen molar-refractivity contribution in [3.8, 4) is 0 Å². The third-order valence-electron chi connectivity index (χ3n) is 1.94. The highest BCUT2D eigenvalue weighted by atomic mass is 79.9.